The average Bonchev–Trinajstić information content (AvgIpc) is 2.36. The van der Waals surface area contributed by atoms with Crippen molar-refractivity contribution in [2.45, 2.75) is 6.54 Å². The second kappa shape index (κ2) is 8.55. The van der Waals surface area contributed by atoms with Gasteiger partial charge in [-0.3, -0.25) is 4.98 Å². The Bertz CT molecular complexity index is 306. The highest BCUT2D eigenvalue weighted by atomic mass is 15.1. The van der Waals surface area contributed by atoms with Gasteiger partial charge in [-0.25, -0.2) is 0 Å². The number of rotatable bonds is 8. The van der Waals surface area contributed by atoms with Gasteiger partial charge >= 0.3 is 0 Å². The topological polar surface area (TPSA) is 80.2 Å². The van der Waals surface area contributed by atoms with Gasteiger partial charge in [0, 0.05) is 44.8 Å². The number of nitrogens with zero attached hydrogens (tertiary/aromatic N) is 2. The third-order valence-electron chi connectivity index (χ3n) is 2.25. The van der Waals surface area contributed by atoms with Crippen LogP contribution in [0, 0.1) is 0 Å². The normalized spacial score (nSPS) is 10.7. The van der Waals surface area contributed by atoms with Crippen molar-refractivity contribution >= 4 is 0 Å². The van der Waals surface area contributed by atoms with Crippen molar-refractivity contribution in [3.63, 3.8) is 0 Å². The van der Waals surface area contributed by atoms with E-state index in [0.717, 1.165) is 25.3 Å². The summed E-state index contributed by atoms with van der Waals surface area (Å²) in [5.74, 6) is 0. The average molecular weight is 235 g/mol. The number of hydrogen-bond acceptors (Lipinski definition) is 5. The molecule has 0 radical (unpaired) electrons. The molecule has 5 heteroatoms. The predicted octanol–water partition coefficient (Wildman–Crippen LogP) is -0.138. The first-order valence-electron chi connectivity index (χ1n) is 5.81. The molecule has 0 aliphatic carbocycles. The first-order valence-corrected chi connectivity index (χ1v) is 5.81. The molecule has 1 rings (SSSR count). The molecule has 0 atom stereocenters. The molecular formula is C12H21N5. The zero-order valence-electron chi connectivity index (χ0n) is 10.0. The van der Waals surface area contributed by atoms with Crippen LogP contribution in [0.2, 0.25) is 0 Å². The minimum Gasteiger partial charge on any atom is -0.384 e. The molecule has 0 spiro atoms. The molecule has 5 N–H and O–H groups in total. The van der Waals surface area contributed by atoms with Gasteiger partial charge in [0.05, 0.1) is 12.2 Å². The molecule has 0 aliphatic rings. The summed E-state index contributed by atoms with van der Waals surface area (Å²) in [6.07, 6.45) is 5.67. The van der Waals surface area contributed by atoms with Gasteiger partial charge in [0.25, 0.3) is 0 Å². The third kappa shape index (κ3) is 5.89. The molecule has 0 saturated carbocycles. The summed E-state index contributed by atoms with van der Waals surface area (Å²) in [6, 6.07) is 5.87. The van der Waals surface area contributed by atoms with Gasteiger partial charge in [0.15, 0.2) is 0 Å². The fraction of sp³-hybridized carbons (Fsp3) is 0.417. The van der Waals surface area contributed by atoms with E-state index in [-0.39, 0.29) is 0 Å². The van der Waals surface area contributed by atoms with Crippen molar-refractivity contribution in [3.05, 3.63) is 42.5 Å². The Labute approximate surface area is 103 Å². The highest BCUT2D eigenvalue weighted by molar-refractivity contribution is 5.03. The van der Waals surface area contributed by atoms with Crippen LogP contribution in [0.15, 0.2) is 36.8 Å². The minimum atomic E-state index is 0.630. The fourth-order valence-corrected chi connectivity index (χ4v) is 1.42. The number of aromatic nitrogens is 1. The van der Waals surface area contributed by atoms with Crippen LogP contribution in [0.4, 0.5) is 0 Å². The van der Waals surface area contributed by atoms with E-state index in [1.54, 1.807) is 6.20 Å². The summed E-state index contributed by atoms with van der Waals surface area (Å²) < 4.78 is 0. The molecule has 0 bridgehead atoms. The van der Waals surface area contributed by atoms with Crippen LogP contribution in [-0.2, 0) is 6.54 Å². The summed E-state index contributed by atoms with van der Waals surface area (Å²) >= 11 is 0. The monoisotopic (exact) mass is 235 g/mol. The van der Waals surface area contributed by atoms with Gasteiger partial charge in [-0.1, -0.05) is 6.07 Å². The molecule has 0 aliphatic heterocycles. The largest absolute Gasteiger partial charge is 0.384 e. The lowest BCUT2D eigenvalue weighted by Crippen LogP contribution is -2.30. The van der Waals surface area contributed by atoms with Gasteiger partial charge in [0.2, 0.25) is 0 Å². The van der Waals surface area contributed by atoms with Gasteiger partial charge in [-0.05, 0) is 12.1 Å². The van der Waals surface area contributed by atoms with E-state index in [1.165, 1.54) is 0 Å². The lowest BCUT2D eigenvalue weighted by Gasteiger charge is -2.18. The quantitative estimate of drug-likeness (QED) is 0.584. The summed E-state index contributed by atoms with van der Waals surface area (Å²) in [6.45, 7) is 3.61. The summed E-state index contributed by atoms with van der Waals surface area (Å²) in [5.41, 5.74) is 12.0. The van der Waals surface area contributed by atoms with Crippen molar-refractivity contribution in [2.24, 2.45) is 11.5 Å². The van der Waals surface area contributed by atoms with E-state index in [1.807, 2.05) is 30.6 Å². The maximum atomic E-state index is 5.51. The zero-order chi connectivity index (χ0) is 12.3. The molecule has 1 aromatic heterocycles. The van der Waals surface area contributed by atoms with E-state index in [0.29, 0.717) is 13.1 Å². The van der Waals surface area contributed by atoms with Crippen LogP contribution in [0.3, 0.4) is 0 Å². The summed E-state index contributed by atoms with van der Waals surface area (Å²) in [5, 5.41) is 3.18. The Morgan fingerprint density at radius 1 is 1.24 bits per heavy atom. The molecule has 5 nitrogen and oxygen atoms in total. The Morgan fingerprint density at radius 2 is 2.00 bits per heavy atom. The molecule has 0 aromatic carbocycles. The molecule has 0 unspecified atom stereocenters. The maximum absolute atomic E-state index is 5.51. The molecule has 94 valence electrons. The highest BCUT2D eigenvalue weighted by Gasteiger charge is 1.94. The first-order chi connectivity index (χ1) is 8.36. The van der Waals surface area contributed by atoms with Crippen molar-refractivity contribution in [1.82, 2.24) is 15.2 Å². The Balaban J connectivity index is 2.28. The molecule has 1 heterocycles. The number of nitrogens with one attached hydrogen (secondary N) is 1. The lowest BCUT2D eigenvalue weighted by atomic mass is 10.3. The van der Waals surface area contributed by atoms with E-state index < -0.39 is 0 Å². The van der Waals surface area contributed by atoms with Crippen LogP contribution in [-0.4, -0.2) is 36.1 Å². The van der Waals surface area contributed by atoms with E-state index in [9.17, 15) is 0 Å². The second-order valence-electron chi connectivity index (χ2n) is 3.63. The fourth-order valence-electron chi connectivity index (χ4n) is 1.42. The first kappa shape index (κ1) is 13.5. The van der Waals surface area contributed by atoms with Crippen LogP contribution in [0.25, 0.3) is 0 Å². The zero-order valence-corrected chi connectivity index (χ0v) is 10.0. The summed E-state index contributed by atoms with van der Waals surface area (Å²) in [4.78, 5) is 6.31. The van der Waals surface area contributed by atoms with Crippen molar-refractivity contribution < 1.29 is 0 Å². The Morgan fingerprint density at radius 3 is 2.59 bits per heavy atom. The van der Waals surface area contributed by atoms with Crippen LogP contribution in [0.5, 0.6) is 0 Å². The third-order valence-corrected chi connectivity index (χ3v) is 2.25. The van der Waals surface area contributed by atoms with E-state index in [4.69, 9.17) is 11.5 Å². The SMILES string of the molecule is NCCN(/C=C/NCc1ccccn1)CCN. The van der Waals surface area contributed by atoms with Crippen molar-refractivity contribution in [3.8, 4) is 0 Å². The number of nitrogens with two attached hydrogens (primary N) is 2. The van der Waals surface area contributed by atoms with E-state index >= 15 is 0 Å². The molecule has 0 amide bonds. The Hall–Kier alpha value is -1.59. The molecule has 1 aromatic rings. The van der Waals surface area contributed by atoms with Gasteiger partial charge in [0.1, 0.15) is 0 Å². The molecule has 0 saturated heterocycles. The van der Waals surface area contributed by atoms with Crippen LogP contribution in [0.1, 0.15) is 5.69 Å². The smallest absolute Gasteiger partial charge is 0.0594 e. The van der Waals surface area contributed by atoms with Crippen molar-refractivity contribution in [2.75, 3.05) is 26.2 Å². The summed E-state index contributed by atoms with van der Waals surface area (Å²) in [7, 11) is 0. The minimum absolute atomic E-state index is 0.630. The maximum Gasteiger partial charge on any atom is 0.0594 e. The molecule has 17 heavy (non-hydrogen) atoms. The second-order valence-corrected chi connectivity index (χ2v) is 3.63. The van der Waals surface area contributed by atoms with Crippen molar-refractivity contribution in [1.29, 1.82) is 0 Å². The predicted molar refractivity (Wildman–Crippen MR) is 69.9 cm³/mol. The van der Waals surface area contributed by atoms with Gasteiger partial charge in [-0.15, -0.1) is 0 Å². The Kier molecular flexibility index (Phi) is 6.78. The van der Waals surface area contributed by atoms with Crippen LogP contribution >= 0.6 is 0 Å². The number of hydrogen-bond donors (Lipinski definition) is 3. The lowest BCUT2D eigenvalue weighted by molar-refractivity contribution is 0.393. The van der Waals surface area contributed by atoms with Gasteiger partial charge in [-0.2, -0.15) is 0 Å². The molecular weight excluding hydrogens is 214 g/mol. The number of pyridine rings is 1. The van der Waals surface area contributed by atoms with Gasteiger partial charge < -0.3 is 21.7 Å². The highest BCUT2D eigenvalue weighted by Crippen LogP contribution is 1.92. The van der Waals surface area contributed by atoms with E-state index in [2.05, 4.69) is 15.2 Å². The standard InChI is InChI=1S/C12H21N5/c13-4-8-17(9-5-14)10-7-15-11-12-3-1-2-6-16-12/h1-3,6-7,10,15H,4-5,8-9,11,13-14H2/b10-7+. The van der Waals surface area contributed by atoms with Crippen LogP contribution < -0.4 is 16.8 Å². The molecule has 0 fully saturated rings.